The molecule has 1 atom stereocenters. The van der Waals surface area contributed by atoms with Crippen molar-refractivity contribution in [3.05, 3.63) is 23.2 Å². The van der Waals surface area contributed by atoms with Gasteiger partial charge in [0.05, 0.1) is 16.0 Å². The molecule has 1 aromatic rings. The number of halogens is 1. The highest BCUT2D eigenvalue weighted by Gasteiger charge is 2.14. The topological polar surface area (TPSA) is 69.1 Å². The zero-order valence-electron chi connectivity index (χ0n) is 8.37. The lowest BCUT2D eigenvalue weighted by Crippen LogP contribution is -2.24. The van der Waals surface area contributed by atoms with E-state index in [4.69, 9.17) is 23.1 Å². The number of primary amides is 1. The smallest absolute Gasteiger partial charge is 0.230 e. The first-order valence-electron chi connectivity index (χ1n) is 4.55. The Labute approximate surface area is 98.2 Å². The summed E-state index contributed by atoms with van der Waals surface area (Å²) < 4.78 is 0. The molecule has 5 heteroatoms. The normalized spacial score (nSPS) is 12.4. The van der Waals surface area contributed by atoms with Gasteiger partial charge in [-0.05, 0) is 24.6 Å². The maximum atomic E-state index is 11.0. The molecule has 0 heterocycles. The fourth-order valence-electron chi connectivity index (χ4n) is 1.09. The summed E-state index contributed by atoms with van der Waals surface area (Å²) in [7, 11) is 0. The minimum atomic E-state index is -0.310. The van der Waals surface area contributed by atoms with Gasteiger partial charge in [0.25, 0.3) is 0 Å². The number of thioether (sulfide) groups is 1. The maximum Gasteiger partial charge on any atom is 0.230 e. The van der Waals surface area contributed by atoms with Crippen LogP contribution in [0.4, 0.5) is 5.69 Å². The largest absolute Gasteiger partial charge is 0.398 e. The molecule has 0 saturated carbocycles. The zero-order chi connectivity index (χ0) is 11.4. The van der Waals surface area contributed by atoms with E-state index in [-0.39, 0.29) is 11.2 Å². The fourth-order valence-corrected chi connectivity index (χ4v) is 2.28. The van der Waals surface area contributed by atoms with Crippen LogP contribution in [-0.4, -0.2) is 11.2 Å². The van der Waals surface area contributed by atoms with Gasteiger partial charge in [0.2, 0.25) is 5.91 Å². The predicted molar refractivity (Wildman–Crippen MR) is 65.0 cm³/mol. The molecule has 0 fully saturated rings. The molecule has 1 rings (SSSR count). The second-order valence-corrected chi connectivity index (χ2v) is 4.78. The summed E-state index contributed by atoms with van der Waals surface area (Å²) in [5.74, 6) is -0.310. The number of benzene rings is 1. The summed E-state index contributed by atoms with van der Waals surface area (Å²) >= 11 is 7.27. The second-order valence-electron chi connectivity index (χ2n) is 3.10. The van der Waals surface area contributed by atoms with Gasteiger partial charge in [-0.15, -0.1) is 11.8 Å². The predicted octanol–water partition coefficient (Wildman–Crippen LogP) is 2.28. The molecule has 0 aliphatic carbocycles. The van der Waals surface area contributed by atoms with Crippen molar-refractivity contribution < 1.29 is 4.79 Å². The van der Waals surface area contributed by atoms with Crippen molar-refractivity contribution in [1.29, 1.82) is 0 Å². The van der Waals surface area contributed by atoms with Crippen LogP contribution in [0.5, 0.6) is 0 Å². The van der Waals surface area contributed by atoms with Crippen LogP contribution in [0.25, 0.3) is 0 Å². The lowest BCUT2D eigenvalue weighted by atomic mass is 10.3. The molecule has 82 valence electrons. The van der Waals surface area contributed by atoms with Crippen molar-refractivity contribution >= 4 is 35.0 Å². The summed E-state index contributed by atoms with van der Waals surface area (Å²) in [5, 5.41) is 0.281. The average Bonchev–Trinajstić information content (AvgIpc) is 2.19. The van der Waals surface area contributed by atoms with Gasteiger partial charge in [-0.2, -0.15) is 0 Å². The van der Waals surface area contributed by atoms with Crippen LogP contribution in [-0.2, 0) is 4.79 Å². The van der Waals surface area contributed by atoms with Crippen LogP contribution in [0.3, 0.4) is 0 Å². The van der Waals surface area contributed by atoms with E-state index in [0.717, 1.165) is 4.90 Å². The Hall–Kier alpha value is -0.870. The first kappa shape index (κ1) is 12.2. The van der Waals surface area contributed by atoms with Gasteiger partial charge < -0.3 is 11.5 Å². The first-order valence-corrected chi connectivity index (χ1v) is 5.81. The number of nitrogen functional groups attached to an aromatic ring is 1. The lowest BCUT2D eigenvalue weighted by Gasteiger charge is -2.10. The van der Waals surface area contributed by atoms with Gasteiger partial charge in [-0.1, -0.05) is 18.5 Å². The summed E-state index contributed by atoms with van der Waals surface area (Å²) in [6.07, 6.45) is 0.696. The number of amides is 1. The van der Waals surface area contributed by atoms with Crippen LogP contribution >= 0.6 is 23.4 Å². The molecule has 1 aromatic carbocycles. The number of nitrogens with two attached hydrogens (primary N) is 2. The van der Waals surface area contributed by atoms with E-state index >= 15 is 0 Å². The number of rotatable bonds is 4. The van der Waals surface area contributed by atoms with Crippen molar-refractivity contribution in [2.75, 3.05) is 5.73 Å². The van der Waals surface area contributed by atoms with Crippen molar-refractivity contribution in [3.63, 3.8) is 0 Å². The summed E-state index contributed by atoms with van der Waals surface area (Å²) in [6.45, 7) is 1.92. The third-order valence-corrected chi connectivity index (χ3v) is 3.64. The highest BCUT2D eigenvalue weighted by Crippen LogP contribution is 2.30. The van der Waals surface area contributed by atoms with E-state index in [9.17, 15) is 4.79 Å². The molecule has 0 spiro atoms. The Morgan fingerprint density at radius 3 is 2.73 bits per heavy atom. The molecule has 0 saturated heterocycles. The van der Waals surface area contributed by atoms with E-state index in [1.807, 2.05) is 13.0 Å². The van der Waals surface area contributed by atoms with E-state index in [2.05, 4.69) is 0 Å². The summed E-state index contributed by atoms with van der Waals surface area (Å²) in [6, 6.07) is 5.29. The van der Waals surface area contributed by atoms with E-state index in [1.54, 1.807) is 12.1 Å². The molecule has 0 bridgehead atoms. The number of hydrogen-bond donors (Lipinski definition) is 2. The van der Waals surface area contributed by atoms with Crippen molar-refractivity contribution in [2.24, 2.45) is 5.73 Å². The standard InChI is InChI=1S/C10H13ClN2OS/c1-2-9(10(13)14)15-6-3-4-8(12)7(11)5-6/h3-5,9H,2,12H2,1H3,(H2,13,14). The molecule has 1 amide bonds. The first-order chi connectivity index (χ1) is 7.04. The Bertz CT molecular complexity index is 370. The van der Waals surface area contributed by atoms with Gasteiger partial charge in [0, 0.05) is 4.90 Å². The Kier molecular flexibility index (Phi) is 4.29. The molecule has 0 aliphatic rings. The fraction of sp³-hybridized carbons (Fsp3) is 0.300. The Morgan fingerprint density at radius 2 is 2.27 bits per heavy atom. The quantitative estimate of drug-likeness (QED) is 0.631. The van der Waals surface area contributed by atoms with Crippen LogP contribution in [0.2, 0.25) is 5.02 Å². The van der Waals surface area contributed by atoms with Crippen LogP contribution < -0.4 is 11.5 Å². The maximum absolute atomic E-state index is 11.0. The molecular weight excluding hydrogens is 232 g/mol. The number of hydrogen-bond acceptors (Lipinski definition) is 3. The van der Waals surface area contributed by atoms with Gasteiger partial charge in [0.1, 0.15) is 0 Å². The van der Waals surface area contributed by atoms with Gasteiger partial charge in [0.15, 0.2) is 0 Å². The van der Waals surface area contributed by atoms with Gasteiger partial charge in [-0.25, -0.2) is 0 Å². The molecule has 0 radical (unpaired) electrons. The van der Waals surface area contributed by atoms with Crippen LogP contribution in [0, 0.1) is 0 Å². The molecule has 4 N–H and O–H groups in total. The number of anilines is 1. The van der Waals surface area contributed by atoms with E-state index < -0.39 is 0 Å². The molecule has 15 heavy (non-hydrogen) atoms. The highest BCUT2D eigenvalue weighted by molar-refractivity contribution is 8.00. The van der Waals surface area contributed by atoms with E-state index in [0.29, 0.717) is 17.1 Å². The Morgan fingerprint density at radius 1 is 1.60 bits per heavy atom. The van der Waals surface area contributed by atoms with Crippen LogP contribution in [0.15, 0.2) is 23.1 Å². The number of carbonyl (C=O) groups excluding carboxylic acids is 1. The lowest BCUT2D eigenvalue weighted by molar-refractivity contribution is -0.117. The van der Waals surface area contributed by atoms with Crippen LogP contribution in [0.1, 0.15) is 13.3 Å². The third-order valence-electron chi connectivity index (χ3n) is 1.94. The Balaban J connectivity index is 2.80. The minimum absolute atomic E-state index is 0.218. The summed E-state index contributed by atoms with van der Waals surface area (Å²) in [5.41, 5.74) is 11.4. The van der Waals surface area contributed by atoms with E-state index in [1.165, 1.54) is 11.8 Å². The number of carbonyl (C=O) groups is 1. The minimum Gasteiger partial charge on any atom is -0.398 e. The summed E-state index contributed by atoms with van der Waals surface area (Å²) in [4.78, 5) is 11.9. The molecule has 0 aromatic heterocycles. The van der Waals surface area contributed by atoms with Gasteiger partial charge >= 0.3 is 0 Å². The zero-order valence-corrected chi connectivity index (χ0v) is 9.94. The molecule has 0 aliphatic heterocycles. The molecular formula is C10H13ClN2OS. The molecule has 3 nitrogen and oxygen atoms in total. The highest BCUT2D eigenvalue weighted by atomic mass is 35.5. The van der Waals surface area contributed by atoms with Crippen molar-refractivity contribution in [3.8, 4) is 0 Å². The molecule has 1 unspecified atom stereocenters. The monoisotopic (exact) mass is 244 g/mol. The second kappa shape index (κ2) is 5.28. The van der Waals surface area contributed by atoms with Gasteiger partial charge in [-0.3, -0.25) is 4.79 Å². The average molecular weight is 245 g/mol. The van der Waals surface area contributed by atoms with Crippen molar-refractivity contribution in [1.82, 2.24) is 0 Å². The third kappa shape index (κ3) is 3.32. The van der Waals surface area contributed by atoms with Crippen molar-refractivity contribution in [2.45, 2.75) is 23.5 Å². The SMILES string of the molecule is CCC(Sc1ccc(N)c(Cl)c1)C(N)=O.